The summed E-state index contributed by atoms with van der Waals surface area (Å²) in [5.41, 5.74) is 1.07. The molecule has 2 aromatic rings. The van der Waals surface area contributed by atoms with Crippen molar-refractivity contribution < 1.29 is 19.4 Å². The lowest BCUT2D eigenvalue weighted by atomic mass is 10.2. The van der Waals surface area contributed by atoms with Gasteiger partial charge in [-0.25, -0.2) is 9.78 Å². The van der Waals surface area contributed by atoms with Crippen molar-refractivity contribution in [1.82, 2.24) is 10.3 Å². The quantitative estimate of drug-likeness (QED) is 0.769. The van der Waals surface area contributed by atoms with Crippen LogP contribution >= 0.6 is 0 Å². The van der Waals surface area contributed by atoms with Crippen LogP contribution in [0.15, 0.2) is 36.4 Å². The minimum absolute atomic E-state index is 0.144. The lowest BCUT2D eigenvalue weighted by Crippen LogP contribution is -2.28. The molecule has 0 fully saturated rings. The highest BCUT2D eigenvalue weighted by Crippen LogP contribution is 2.11. The number of carboxylic acids is 1. The van der Waals surface area contributed by atoms with Gasteiger partial charge in [-0.3, -0.25) is 4.79 Å². The number of hydrogen-bond donors (Lipinski definition) is 2. The second-order valence-electron chi connectivity index (χ2n) is 4.09. The van der Waals surface area contributed by atoms with Gasteiger partial charge in [-0.2, -0.15) is 0 Å². The highest BCUT2D eigenvalue weighted by Gasteiger charge is 2.07. The van der Waals surface area contributed by atoms with Crippen molar-refractivity contribution in [3.63, 3.8) is 0 Å². The van der Waals surface area contributed by atoms with E-state index in [1.165, 1.54) is 0 Å². The van der Waals surface area contributed by atoms with E-state index >= 15 is 0 Å². The third-order valence-electron chi connectivity index (χ3n) is 2.59. The number of fused-ring (bicyclic) bond motifs is 1. The molecule has 0 saturated carbocycles. The van der Waals surface area contributed by atoms with Crippen LogP contribution in [0.3, 0.4) is 0 Å². The number of hydrogen-bond acceptors (Lipinski definition) is 4. The lowest BCUT2D eigenvalue weighted by molar-refractivity contribution is -0.142. The molecule has 0 radical (unpaired) electrons. The van der Waals surface area contributed by atoms with Crippen LogP contribution < -0.4 is 5.32 Å². The van der Waals surface area contributed by atoms with Crippen molar-refractivity contribution in [3.05, 3.63) is 42.1 Å². The zero-order chi connectivity index (χ0) is 14.4. The van der Waals surface area contributed by atoms with Crippen LogP contribution in [-0.2, 0) is 9.53 Å². The fraction of sp³-hybridized carbons (Fsp3) is 0.214. The van der Waals surface area contributed by atoms with Crippen LogP contribution in [0.4, 0.5) is 0 Å². The van der Waals surface area contributed by atoms with Crippen molar-refractivity contribution >= 4 is 22.8 Å². The van der Waals surface area contributed by atoms with E-state index < -0.39 is 5.97 Å². The van der Waals surface area contributed by atoms with Gasteiger partial charge >= 0.3 is 5.97 Å². The summed E-state index contributed by atoms with van der Waals surface area (Å²) in [6, 6.07) is 11.0. The first-order valence-electron chi connectivity index (χ1n) is 6.10. The van der Waals surface area contributed by atoms with Gasteiger partial charge in [-0.05, 0) is 12.1 Å². The van der Waals surface area contributed by atoms with Crippen molar-refractivity contribution in [1.29, 1.82) is 0 Å². The number of pyridine rings is 1. The van der Waals surface area contributed by atoms with Crippen LogP contribution in [0.5, 0.6) is 0 Å². The van der Waals surface area contributed by atoms with Gasteiger partial charge in [0, 0.05) is 11.9 Å². The average molecular weight is 274 g/mol. The Balaban J connectivity index is 1.89. The average Bonchev–Trinajstić information content (AvgIpc) is 2.46. The number of benzene rings is 1. The van der Waals surface area contributed by atoms with Gasteiger partial charge in [0.2, 0.25) is 0 Å². The van der Waals surface area contributed by atoms with Crippen LogP contribution in [0.25, 0.3) is 10.9 Å². The first kappa shape index (κ1) is 14.0. The predicted octanol–water partition coefficient (Wildman–Crippen LogP) is 1.07. The number of carboxylic acid groups (broad SMARTS) is 1. The summed E-state index contributed by atoms with van der Waals surface area (Å²) in [6.45, 7) is 0.0103. The van der Waals surface area contributed by atoms with Gasteiger partial charge in [-0.15, -0.1) is 0 Å². The van der Waals surface area contributed by atoms with E-state index in [-0.39, 0.29) is 25.7 Å². The van der Waals surface area contributed by atoms with Crippen LogP contribution in [-0.4, -0.2) is 41.7 Å². The van der Waals surface area contributed by atoms with Crippen LogP contribution in [0.1, 0.15) is 10.5 Å². The number of nitrogens with zero attached hydrogens (tertiary/aromatic N) is 1. The molecule has 0 bridgehead atoms. The molecule has 104 valence electrons. The minimum atomic E-state index is -1.03. The topological polar surface area (TPSA) is 88.5 Å². The number of amides is 1. The molecule has 2 rings (SSSR count). The molecule has 0 aliphatic heterocycles. The van der Waals surface area contributed by atoms with Gasteiger partial charge in [0.15, 0.2) is 0 Å². The van der Waals surface area contributed by atoms with Crippen molar-refractivity contribution in [2.75, 3.05) is 19.8 Å². The van der Waals surface area contributed by atoms with Crippen molar-refractivity contribution in [2.24, 2.45) is 0 Å². The SMILES string of the molecule is O=C(O)COCCNC(=O)c1ccc2ccccc2n1. The van der Waals surface area contributed by atoms with Gasteiger partial charge in [0.1, 0.15) is 12.3 Å². The molecule has 1 aromatic carbocycles. The third-order valence-corrected chi connectivity index (χ3v) is 2.59. The number of rotatable bonds is 6. The molecule has 0 unspecified atom stereocenters. The monoisotopic (exact) mass is 274 g/mol. The fourth-order valence-corrected chi connectivity index (χ4v) is 1.68. The van der Waals surface area contributed by atoms with Crippen LogP contribution in [0.2, 0.25) is 0 Å². The number of aromatic nitrogens is 1. The number of para-hydroxylation sites is 1. The molecule has 1 aromatic heterocycles. The second kappa shape index (κ2) is 6.63. The van der Waals surface area contributed by atoms with Crippen molar-refractivity contribution in [3.8, 4) is 0 Å². The third kappa shape index (κ3) is 3.76. The molecule has 0 spiro atoms. The zero-order valence-corrected chi connectivity index (χ0v) is 10.7. The summed E-state index contributed by atoms with van der Waals surface area (Å²) in [7, 11) is 0. The number of carbonyl (C=O) groups is 2. The Morgan fingerprint density at radius 3 is 2.80 bits per heavy atom. The molecule has 0 aliphatic carbocycles. The fourth-order valence-electron chi connectivity index (χ4n) is 1.68. The summed E-state index contributed by atoms with van der Waals surface area (Å²) in [5.74, 6) is -1.35. The van der Waals surface area contributed by atoms with E-state index in [2.05, 4.69) is 10.3 Å². The number of ether oxygens (including phenoxy) is 1. The van der Waals surface area contributed by atoms with E-state index in [0.717, 1.165) is 10.9 Å². The van der Waals surface area contributed by atoms with Gasteiger partial charge in [-0.1, -0.05) is 24.3 Å². The van der Waals surface area contributed by atoms with E-state index in [1.54, 1.807) is 6.07 Å². The second-order valence-corrected chi connectivity index (χ2v) is 4.09. The maximum atomic E-state index is 11.8. The number of carbonyl (C=O) groups excluding carboxylic acids is 1. The first-order chi connectivity index (χ1) is 9.66. The molecule has 20 heavy (non-hydrogen) atoms. The Morgan fingerprint density at radius 2 is 2.00 bits per heavy atom. The van der Waals surface area contributed by atoms with E-state index in [1.807, 2.05) is 30.3 Å². The summed E-state index contributed by atoms with van der Waals surface area (Å²) < 4.78 is 4.82. The number of aliphatic carboxylic acids is 1. The zero-order valence-electron chi connectivity index (χ0n) is 10.7. The minimum Gasteiger partial charge on any atom is -0.480 e. The standard InChI is InChI=1S/C14H14N2O4/c17-13(18)9-20-8-7-15-14(19)12-6-5-10-3-1-2-4-11(10)16-12/h1-6H,7-9H2,(H,15,19)(H,17,18). The highest BCUT2D eigenvalue weighted by molar-refractivity contribution is 5.94. The number of nitrogens with one attached hydrogen (secondary N) is 1. The molecule has 0 saturated heterocycles. The van der Waals surface area contributed by atoms with Crippen LogP contribution in [0, 0.1) is 0 Å². The predicted molar refractivity (Wildman–Crippen MR) is 72.5 cm³/mol. The maximum Gasteiger partial charge on any atom is 0.329 e. The molecule has 1 heterocycles. The normalized spacial score (nSPS) is 10.4. The molecular weight excluding hydrogens is 260 g/mol. The van der Waals surface area contributed by atoms with Gasteiger partial charge < -0.3 is 15.2 Å². The summed E-state index contributed by atoms with van der Waals surface area (Å²) in [5, 5.41) is 12.0. The Hall–Kier alpha value is -2.47. The Kier molecular flexibility index (Phi) is 4.62. The molecule has 6 heteroatoms. The molecule has 2 N–H and O–H groups in total. The first-order valence-corrected chi connectivity index (χ1v) is 6.10. The van der Waals surface area contributed by atoms with Gasteiger partial charge in [0.05, 0.1) is 12.1 Å². The summed E-state index contributed by atoms with van der Waals surface area (Å²) in [4.78, 5) is 26.3. The summed E-state index contributed by atoms with van der Waals surface area (Å²) in [6.07, 6.45) is 0. The molecule has 1 amide bonds. The molecular formula is C14H14N2O4. The van der Waals surface area contributed by atoms with E-state index in [0.29, 0.717) is 5.69 Å². The summed E-state index contributed by atoms with van der Waals surface area (Å²) >= 11 is 0. The Bertz CT molecular complexity index is 627. The molecule has 0 aliphatic rings. The molecule has 6 nitrogen and oxygen atoms in total. The van der Waals surface area contributed by atoms with E-state index in [9.17, 15) is 9.59 Å². The lowest BCUT2D eigenvalue weighted by Gasteiger charge is -2.05. The van der Waals surface area contributed by atoms with E-state index in [4.69, 9.17) is 9.84 Å². The smallest absolute Gasteiger partial charge is 0.329 e. The Morgan fingerprint density at radius 1 is 1.20 bits per heavy atom. The molecule has 0 atom stereocenters. The van der Waals surface area contributed by atoms with Crippen molar-refractivity contribution in [2.45, 2.75) is 0 Å². The maximum absolute atomic E-state index is 11.8. The highest BCUT2D eigenvalue weighted by atomic mass is 16.5. The largest absolute Gasteiger partial charge is 0.480 e. The van der Waals surface area contributed by atoms with Gasteiger partial charge in [0.25, 0.3) is 5.91 Å². The Labute approximate surface area is 115 Å².